The number of nitrogens with one attached hydrogen (secondary N) is 1. The maximum Gasteiger partial charge on any atom is 0.122 e. The van der Waals surface area contributed by atoms with E-state index < -0.39 is 0 Å². The van der Waals surface area contributed by atoms with Crippen molar-refractivity contribution < 1.29 is 4.74 Å². The minimum absolute atomic E-state index is 0.736. The molecule has 17 heavy (non-hydrogen) atoms. The minimum Gasteiger partial charge on any atom is -0.494 e. The molecule has 0 radical (unpaired) electrons. The second-order valence-corrected chi connectivity index (χ2v) is 4.99. The van der Waals surface area contributed by atoms with Crippen LogP contribution in [0.15, 0.2) is 12.1 Å². The number of rotatable bonds is 5. The number of hydrogen-bond donors (Lipinski definition) is 1. The highest BCUT2D eigenvalue weighted by Gasteiger charge is 2.16. The molecule has 1 aliphatic rings. The zero-order chi connectivity index (χ0) is 12.3. The summed E-state index contributed by atoms with van der Waals surface area (Å²) in [6.45, 7) is 8.04. The van der Waals surface area contributed by atoms with Gasteiger partial charge in [0.2, 0.25) is 0 Å². The van der Waals surface area contributed by atoms with Crippen LogP contribution in [0.5, 0.6) is 5.75 Å². The second kappa shape index (κ2) is 5.54. The fourth-order valence-electron chi connectivity index (χ4n) is 2.22. The zero-order valence-corrected chi connectivity index (χ0v) is 11.2. The van der Waals surface area contributed by atoms with Crippen molar-refractivity contribution in [3.8, 4) is 5.75 Å². The fraction of sp³-hybridized carbons (Fsp3) is 0.600. The van der Waals surface area contributed by atoms with Gasteiger partial charge in [-0.2, -0.15) is 0 Å². The van der Waals surface area contributed by atoms with E-state index in [1.54, 1.807) is 0 Å². The average molecular weight is 233 g/mol. The Morgan fingerprint density at radius 3 is 2.59 bits per heavy atom. The molecule has 1 fully saturated rings. The van der Waals surface area contributed by atoms with Crippen LogP contribution in [0, 0.1) is 13.8 Å². The van der Waals surface area contributed by atoms with Crippen LogP contribution >= 0.6 is 0 Å². The van der Waals surface area contributed by atoms with E-state index in [1.165, 1.54) is 36.0 Å². The Bertz CT molecular complexity index is 383. The highest BCUT2D eigenvalue weighted by Crippen LogP contribution is 2.24. The Hall–Kier alpha value is -1.02. The Kier molecular flexibility index (Phi) is 4.06. The quantitative estimate of drug-likeness (QED) is 0.842. The molecule has 0 atom stereocenters. The molecule has 2 rings (SSSR count). The molecular formula is C15H23NO. The van der Waals surface area contributed by atoms with Gasteiger partial charge in [0.05, 0.1) is 6.61 Å². The van der Waals surface area contributed by atoms with E-state index in [0.717, 1.165) is 24.9 Å². The van der Waals surface area contributed by atoms with Crippen molar-refractivity contribution in [2.24, 2.45) is 0 Å². The fourth-order valence-corrected chi connectivity index (χ4v) is 2.22. The van der Waals surface area contributed by atoms with E-state index in [9.17, 15) is 0 Å². The molecule has 0 aliphatic heterocycles. The summed E-state index contributed by atoms with van der Waals surface area (Å²) in [6, 6.07) is 5.17. The van der Waals surface area contributed by atoms with Gasteiger partial charge < -0.3 is 10.1 Å². The molecule has 0 bridgehead atoms. The summed E-state index contributed by atoms with van der Waals surface area (Å²) in [7, 11) is 0. The predicted octanol–water partition coefficient (Wildman–Crippen LogP) is 3.34. The average Bonchev–Trinajstić information content (AvgIpc) is 2.23. The summed E-state index contributed by atoms with van der Waals surface area (Å²) >= 11 is 0. The Morgan fingerprint density at radius 1 is 1.24 bits per heavy atom. The monoisotopic (exact) mass is 233 g/mol. The zero-order valence-electron chi connectivity index (χ0n) is 11.2. The molecule has 0 amide bonds. The lowest BCUT2D eigenvalue weighted by atomic mass is 9.92. The van der Waals surface area contributed by atoms with Gasteiger partial charge in [0.1, 0.15) is 5.75 Å². The van der Waals surface area contributed by atoms with Crippen LogP contribution in [-0.4, -0.2) is 12.6 Å². The molecule has 2 heteroatoms. The first-order chi connectivity index (χ1) is 8.20. The van der Waals surface area contributed by atoms with Crippen molar-refractivity contribution in [2.45, 2.75) is 52.6 Å². The normalized spacial score (nSPS) is 15.7. The van der Waals surface area contributed by atoms with Crippen LogP contribution in [0.25, 0.3) is 0 Å². The number of hydrogen-bond acceptors (Lipinski definition) is 2. The van der Waals surface area contributed by atoms with Crippen molar-refractivity contribution >= 4 is 0 Å². The van der Waals surface area contributed by atoms with Crippen molar-refractivity contribution in [2.75, 3.05) is 6.61 Å². The van der Waals surface area contributed by atoms with Gasteiger partial charge in [-0.1, -0.05) is 12.5 Å². The van der Waals surface area contributed by atoms with Crippen LogP contribution in [0.1, 0.15) is 42.9 Å². The van der Waals surface area contributed by atoms with E-state index in [-0.39, 0.29) is 0 Å². The Morgan fingerprint density at radius 2 is 2.00 bits per heavy atom. The Labute approximate surface area is 104 Å². The smallest absolute Gasteiger partial charge is 0.122 e. The largest absolute Gasteiger partial charge is 0.494 e. The summed E-state index contributed by atoms with van der Waals surface area (Å²) in [5.74, 6) is 1.03. The van der Waals surface area contributed by atoms with Crippen molar-refractivity contribution in [3.63, 3.8) is 0 Å². The minimum atomic E-state index is 0.736. The van der Waals surface area contributed by atoms with Crippen LogP contribution in [0.2, 0.25) is 0 Å². The van der Waals surface area contributed by atoms with Gasteiger partial charge in [0.15, 0.2) is 0 Å². The van der Waals surface area contributed by atoms with Crippen LogP contribution in [0.3, 0.4) is 0 Å². The van der Waals surface area contributed by atoms with Gasteiger partial charge in [-0.25, -0.2) is 0 Å². The first kappa shape index (κ1) is 12.4. The van der Waals surface area contributed by atoms with Gasteiger partial charge in [-0.15, -0.1) is 0 Å². The summed E-state index contributed by atoms with van der Waals surface area (Å²) in [5, 5.41) is 3.61. The van der Waals surface area contributed by atoms with Crippen LogP contribution < -0.4 is 10.1 Å². The molecular weight excluding hydrogens is 210 g/mol. The van der Waals surface area contributed by atoms with Crippen LogP contribution in [-0.2, 0) is 6.54 Å². The third-order valence-electron chi connectivity index (χ3n) is 3.62. The summed E-state index contributed by atoms with van der Waals surface area (Å²) in [6.07, 6.45) is 4.07. The molecule has 0 unspecified atom stereocenters. The number of ether oxygens (including phenoxy) is 1. The first-order valence-electron chi connectivity index (χ1n) is 6.67. The lowest BCUT2D eigenvalue weighted by Gasteiger charge is -2.27. The predicted molar refractivity (Wildman–Crippen MR) is 71.6 cm³/mol. The molecule has 0 heterocycles. The van der Waals surface area contributed by atoms with E-state index in [2.05, 4.69) is 31.3 Å². The molecule has 0 aromatic heterocycles. The topological polar surface area (TPSA) is 21.3 Å². The molecule has 1 aliphatic carbocycles. The van der Waals surface area contributed by atoms with Crippen LogP contribution in [0.4, 0.5) is 0 Å². The Balaban J connectivity index is 2.03. The lowest BCUT2D eigenvalue weighted by Crippen LogP contribution is -2.34. The molecule has 0 spiro atoms. The molecule has 2 nitrogen and oxygen atoms in total. The van der Waals surface area contributed by atoms with E-state index >= 15 is 0 Å². The van der Waals surface area contributed by atoms with Gasteiger partial charge in [-0.05, 0) is 56.4 Å². The standard InChI is InChI=1S/C15H23NO/c1-4-17-15-9-11(2)13(8-12(15)3)10-16-14-6-5-7-14/h8-9,14,16H,4-7,10H2,1-3H3. The number of benzene rings is 1. The summed E-state index contributed by atoms with van der Waals surface area (Å²) < 4.78 is 5.61. The van der Waals surface area contributed by atoms with E-state index in [0.29, 0.717) is 0 Å². The molecule has 1 aromatic rings. The van der Waals surface area contributed by atoms with Gasteiger partial charge in [0.25, 0.3) is 0 Å². The molecule has 94 valence electrons. The molecule has 1 N–H and O–H groups in total. The molecule has 1 aromatic carbocycles. The van der Waals surface area contributed by atoms with E-state index in [4.69, 9.17) is 4.74 Å². The highest BCUT2D eigenvalue weighted by atomic mass is 16.5. The first-order valence-corrected chi connectivity index (χ1v) is 6.67. The second-order valence-electron chi connectivity index (χ2n) is 4.99. The van der Waals surface area contributed by atoms with Crippen molar-refractivity contribution in [3.05, 3.63) is 28.8 Å². The van der Waals surface area contributed by atoms with Crippen molar-refractivity contribution in [1.29, 1.82) is 0 Å². The molecule has 1 saturated carbocycles. The van der Waals surface area contributed by atoms with Gasteiger partial charge >= 0.3 is 0 Å². The van der Waals surface area contributed by atoms with E-state index in [1.807, 2.05) is 6.92 Å². The number of aryl methyl sites for hydroxylation is 2. The molecule has 0 saturated heterocycles. The summed E-state index contributed by atoms with van der Waals surface area (Å²) in [4.78, 5) is 0. The van der Waals surface area contributed by atoms with Gasteiger partial charge in [-0.3, -0.25) is 0 Å². The summed E-state index contributed by atoms with van der Waals surface area (Å²) in [5.41, 5.74) is 3.96. The third kappa shape index (κ3) is 3.01. The third-order valence-corrected chi connectivity index (χ3v) is 3.62. The van der Waals surface area contributed by atoms with Crippen molar-refractivity contribution in [1.82, 2.24) is 5.32 Å². The maximum atomic E-state index is 5.61. The van der Waals surface area contributed by atoms with Gasteiger partial charge in [0, 0.05) is 12.6 Å². The maximum absolute atomic E-state index is 5.61. The lowest BCUT2D eigenvalue weighted by molar-refractivity contribution is 0.334. The highest BCUT2D eigenvalue weighted by molar-refractivity contribution is 5.41. The SMILES string of the molecule is CCOc1cc(C)c(CNC2CCC2)cc1C.